The van der Waals surface area contributed by atoms with E-state index in [1.54, 1.807) is 11.1 Å². The molecule has 2 aliphatic rings. The van der Waals surface area contributed by atoms with Crippen LogP contribution in [0, 0.1) is 13.8 Å². The van der Waals surface area contributed by atoms with Crippen LogP contribution in [-0.4, -0.2) is 70.3 Å². The number of amides is 2. The predicted octanol–water partition coefficient (Wildman–Crippen LogP) is 2.44. The Morgan fingerprint density at radius 2 is 1.77 bits per heavy atom. The van der Waals surface area contributed by atoms with Gasteiger partial charge in [-0.3, -0.25) is 14.6 Å². The van der Waals surface area contributed by atoms with E-state index in [9.17, 15) is 9.59 Å². The van der Waals surface area contributed by atoms with Crippen molar-refractivity contribution in [3.8, 4) is 0 Å². The molecule has 30 heavy (non-hydrogen) atoms. The lowest BCUT2D eigenvalue weighted by Gasteiger charge is -2.37. The molecule has 7 heteroatoms. The summed E-state index contributed by atoms with van der Waals surface area (Å²) in [5, 5.41) is 0. The largest absolute Gasteiger partial charge is 0.368 e. The first kappa shape index (κ1) is 20.3. The quantitative estimate of drug-likeness (QED) is 0.736. The Morgan fingerprint density at radius 1 is 1.03 bits per heavy atom. The van der Waals surface area contributed by atoms with Crippen molar-refractivity contribution in [2.45, 2.75) is 39.2 Å². The van der Waals surface area contributed by atoms with E-state index in [0.717, 1.165) is 31.6 Å². The molecule has 2 amide bonds. The van der Waals surface area contributed by atoms with Crippen molar-refractivity contribution in [2.24, 2.45) is 0 Å². The number of hydrogen-bond donors (Lipinski definition) is 0. The molecule has 0 spiro atoms. The van der Waals surface area contributed by atoms with Crippen LogP contribution in [0.15, 0.2) is 36.7 Å². The van der Waals surface area contributed by atoms with E-state index >= 15 is 0 Å². The van der Waals surface area contributed by atoms with Crippen molar-refractivity contribution in [3.63, 3.8) is 0 Å². The van der Waals surface area contributed by atoms with Crippen LogP contribution >= 0.6 is 0 Å². The molecule has 2 fully saturated rings. The molecular formula is C23H29N5O2. The smallest absolute Gasteiger partial charge is 0.274 e. The number of hydrogen-bond acceptors (Lipinski definition) is 5. The van der Waals surface area contributed by atoms with Gasteiger partial charge < -0.3 is 14.7 Å². The molecule has 1 aromatic carbocycles. The van der Waals surface area contributed by atoms with E-state index in [-0.39, 0.29) is 17.9 Å². The first-order valence-electron chi connectivity index (χ1n) is 10.7. The van der Waals surface area contributed by atoms with E-state index in [2.05, 4.69) is 40.0 Å². The van der Waals surface area contributed by atoms with Gasteiger partial charge in [-0.05, 0) is 38.3 Å². The summed E-state index contributed by atoms with van der Waals surface area (Å²) in [5.74, 6) is -0.00459. The Balaban J connectivity index is 1.31. The Bertz CT molecular complexity index is 902. The lowest BCUT2D eigenvalue weighted by molar-refractivity contribution is -0.131. The molecule has 0 radical (unpaired) electrons. The number of piperazine rings is 1. The van der Waals surface area contributed by atoms with Crippen LogP contribution in [0.25, 0.3) is 0 Å². The summed E-state index contributed by atoms with van der Waals surface area (Å²) in [6, 6.07) is 8.59. The van der Waals surface area contributed by atoms with Crippen LogP contribution < -0.4 is 4.90 Å². The van der Waals surface area contributed by atoms with Gasteiger partial charge in [-0.15, -0.1) is 0 Å². The van der Waals surface area contributed by atoms with Gasteiger partial charge in [0.25, 0.3) is 5.91 Å². The second-order valence-corrected chi connectivity index (χ2v) is 8.18. The molecule has 0 bridgehead atoms. The van der Waals surface area contributed by atoms with Gasteiger partial charge in [0.2, 0.25) is 5.91 Å². The maximum atomic E-state index is 12.9. The van der Waals surface area contributed by atoms with Gasteiger partial charge in [0.1, 0.15) is 5.69 Å². The third-order valence-electron chi connectivity index (χ3n) is 5.90. The average Bonchev–Trinajstić information content (AvgIpc) is 3.60. The highest BCUT2D eigenvalue weighted by Gasteiger charge is 2.34. The van der Waals surface area contributed by atoms with Gasteiger partial charge in [-0.1, -0.05) is 18.2 Å². The van der Waals surface area contributed by atoms with Gasteiger partial charge in [0.15, 0.2) is 0 Å². The van der Waals surface area contributed by atoms with Crippen LogP contribution in [0.1, 0.15) is 41.0 Å². The summed E-state index contributed by atoms with van der Waals surface area (Å²) in [4.78, 5) is 40.1. The average molecular weight is 408 g/mol. The number of para-hydroxylation sites is 1. The number of carbonyl (C=O) groups is 2. The van der Waals surface area contributed by atoms with Crippen LogP contribution in [0.3, 0.4) is 0 Å². The lowest BCUT2D eigenvalue weighted by atomic mass is 10.1. The zero-order valence-electron chi connectivity index (χ0n) is 17.8. The van der Waals surface area contributed by atoms with Crippen molar-refractivity contribution in [1.82, 2.24) is 19.8 Å². The highest BCUT2D eigenvalue weighted by molar-refractivity contribution is 5.92. The van der Waals surface area contributed by atoms with Gasteiger partial charge in [-0.2, -0.15) is 0 Å². The van der Waals surface area contributed by atoms with E-state index < -0.39 is 0 Å². The first-order valence-corrected chi connectivity index (χ1v) is 10.7. The number of aryl methyl sites for hydroxylation is 2. The fraction of sp³-hybridized carbons (Fsp3) is 0.478. The fourth-order valence-corrected chi connectivity index (χ4v) is 3.98. The summed E-state index contributed by atoms with van der Waals surface area (Å²) in [6.07, 6.45) is 5.48. The van der Waals surface area contributed by atoms with Crippen molar-refractivity contribution < 1.29 is 9.59 Å². The summed E-state index contributed by atoms with van der Waals surface area (Å²) in [5.41, 5.74) is 3.64. The third-order valence-corrected chi connectivity index (χ3v) is 5.90. The highest BCUT2D eigenvalue weighted by atomic mass is 16.2. The predicted molar refractivity (Wildman–Crippen MR) is 115 cm³/mol. The third kappa shape index (κ3) is 4.61. The van der Waals surface area contributed by atoms with Crippen molar-refractivity contribution in [1.29, 1.82) is 0 Å². The normalized spacial score (nSPS) is 16.5. The monoisotopic (exact) mass is 407 g/mol. The van der Waals surface area contributed by atoms with Crippen molar-refractivity contribution in [3.05, 3.63) is 53.6 Å². The molecule has 0 atom stereocenters. The number of rotatable bonds is 6. The Kier molecular flexibility index (Phi) is 5.97. The Hall–Kier alpha value is -2.96. The van der Waals surface area contributed by atoms with Gasteiger partial charge in [0, 0.05) is 57.1 Å². The Morgan fingerprint density at radius 3 is 2.40 bits per heavy atom. The van der Waals surface area contributed by atoms with Gasteiger partial charge >= 0.3 is 0 Å². The molecule has 0 unspecified atom stereocenters. The van der Waals surface area contributed by atoms with Crippen molar-refractivity contribution in [2.75, 3.05) is 37.6 Å². The molecule has 4 rings (SSSR count). The Labute approximate surface area is 177 Å². The molecule has 2 aromatic rings. The standard InChI is InChI=1S/C23H29N5O2/c1-17-5-3-4-6-21(17)26-11-13-27(14-12-26)22(29)9-10-28(19-7-8-19)23(30)20-16-24-18(2)15-25-20/h3-6,15-16,19H,7-14H2,1-2H3. The minimum Gasteiger partial charge on any atom is -0.368 e. The number of benzene rings is 1. The SMILES string of the molecule is Cc1cnc(C(=O)N(CCC(=O)N2CCN(c3ccccc3C)CC2)C2CC2)cn1. The van der Waals surface area contributed by atoms with E-state index in [1.807, 2.05) is 17.9 Å². The topological polar surface area (TPSA) is 69.6 Å². The second kappa shape index (κ2) is 8.81. The zero-order valence-corrected chi connectivity index (χ0v) is 17.8. The van der Waals surface area contributed by atoms with Crippen LogP contribution in [0.5, 0.6) is 0 Å². The minimum absolute atomic E-state index is 0.118. The molecule has 1 saturated heterocycles. The lowest BCUT2D eigenvalue weighted by Crippen LogP contribution is -2.49. The number of aromatic nitrogens is 2. The molecule has 1 saturated carbocycles. The van der Waals surface area contributed by atoms with Gasteiger partial charge in [0.05, 0.1) is 11.9 Å². The van der Waals surface area contributed by atoms with Crippen LogP contribution in [0.2, 0.25) is 0 Å². The first-order chi connectivity index (χ1) is 14.5. The summed E-state index contributed by atoms with van der Waals surface area (Å²) in [6.45, 7) is 7.51. The summed E-state index contributed by atoms with van der Waals surface area (Å²) < 4.78 is 0. The molecule has 1 aliphatic heterocycles. The number of carbonyl (C=O) groups excluding carboxylic acids is 2. The van der Waals surface area contributed by atoms with Crippen molar-refractivity contribution >= 4 is 17.5 Å². The molecule has 7 nitrogen and oxygen atoms in total. The molecule has 158 valence electrons. The summed E-state index contributed by atoms with van der Waals surface area (Å²) >= 11 is 0. The van der Waals surface area contributed by atoms with Crippen LogP contribution in [-0.2, 0) is 4.79 Å². The maximum absolute atomic E-state index is 12.9. The highest BCUT2D eigenvalue weighted by Crippen LogP contribution is 2.28. The maximum Gasteiger partial charge on any atom is 0.274 e. The number of anilines is 1. The van der Waals surface area contributed by atoms with E-state index in [1.165, 1.54) is 17.4 Å². The molecule has 2 heterocycles. The van der Waals surface area contributed by atoms with E-state index in [0.29, 0.717) is 31.7 Å². The summed E-state index contributed by atoms with van der Waals surface area (Å²) in [7, 11) is 0. The molecule has 1 aromatic heterocycles. The van der Waals surface area contributed by atoms with Gasteiger partial charge in [-0.25, -0.2) is 4.98 Å². The molecular weight excluding hydrogens is 378 g/mol. The zero-order chi connectivity index (χ0) is 21.1. The number of nitrogens with zero attached hydrogens (tertiary/aromatic N) is 5. The second-order valence-electron chi connectivity index (χ2n) is 8.18. The van der Waals surface area contributed by atoms with Crippen LogP contribution in [0.4, 0.5) is 5.69 Å². The molecule has 0 N–H and O–H groups in total. The van der Waals surface area contributed by atoms with E-state index in [4.69, 9.17) is 0 Å². The fourth-order valence-electron chi connectivity index (χ4n) is 3.98. The minimum atomic E-state index is -0.123. The molecule has 1 aliphatic carbocycles.